The van der Waals surface area contributed by atoms with E-state index in [1.165, 1.54) is 5.56 Å². The predicted molar refractivity (Wildman–Crippen MR) is 73.4 cm³/mol. The van der Waals surface area contributed by atoms with Crippen molar-refractivity contribution in [3.8, 4) is 10.6 Å². The zero-order chi connectivity index (χ0) is 12.1. The van der Waals surface area contributed by atoms with Gasteiger partial charge >= 0.3 is 0 Å². The molecule has 2 rings (SSSR count). The molecule has 92 valence electrons. The standard InChI is InChI=1S/C12H16N2OS2/c1-2-10(6-15)13-5-11-8-17-12(14-11)9-3-4-16-7-9/h3-4,7-8,10,13,15H,2,5-6H2,1H3. The van der Waals surface area contributed by atoms with Crippen molar-refractivity contribution in [3.05, 3.63) is 27.9 Å². The van der Waals surface area contributed by atoms with Gasteiger partial charge in [0.15, 0.2) is 0 Å². The van der Waals surface area contributed by atoms with E-state index in [2.05, 4.69) is 39.4 Å². The molecular formula is C12H16N2OS2. The molecule has 0 bridgehead atoms. The lowest BCUT2D eigenvalue weighted by molar-refractivity contribution is 0.238. The van der Waals surface area contributed by atoms with Crippen LogP contribution in [0.15, 0.2) is 22.2 Å². The lowest BCUT2D eigenvalue weighted by Crippen LogP contribution is -2.31. The Balaban J connectivity index is 1.95. The lowest BCUT2D eigenvalue weighted by Gasteiger charge is -2.12. The molecule has 0 radical (unpaired) electrons. The molecular weight excluding hydrogens is 252 g/mol. The molecule has 2 N–H and O–H groups in total. The van der Waals surface area contributed by atoms with Crippen molar-refractivity contribution in [3.63, 3.8) is 0 Å². The summed E-state index contributed by atoms with van der Waals surface area (Å²) in [4.78, 5) is 4.57. The Morgan fingerprint density at radius 2 is 2.35 bits per heavy atom. The van der Waals surface area contributed by atoms with Crippen LogP contribution in [-0.2, 0) is 6.54 Å². The first-order chi connectivity index (χ1) is 8.33. The lowest BCUT2D eigenvalue weighted by atomic mass is 10.2. The van der Waals surface area contributed by atoms with E-state index in [9.17, 15) is 0 Å². The highest BCUT2D eigenvalue weighted by Crippen LogP contribution is 2.25. The van der Waals surface area contributed by atoms with Gasteiger partial charge in [0.05, 0.1) is 12.3 Å². The molecule has 0 aliphatic rings. The normalized spacial score (nSPS) is 12.8. The zero-order valence-corrected chi connectivity index (χ0v) is 11.4. The number of thiazole rings is 1. The van der Waals surface area contributed by atoms with Crippen molar-refractivity contribution in [1.82, 2.24) is 10.3 Å². The Labute approximate surface area is 109 Å². The van der Waals surface area contributed by atoms with Gasteiger partial charge in [-0.1, -0.05) is 6.92 Å². The molecule has 0 aliphatic carbocycles. The molecule has 0 fully saturated rings. The Morgan fingerprint density at radius 3 is 3.00 bits per heavy atom. The largest absolute Gasteiger partial charge is 0.395 e. The fraction of sp³-hybridized carbons (Fsp3) is 0.417. The van der Waals surface area contributed by atoms with Crippen LogP contribution in [-0.4, -0.2) is 22.7 Å². The third-order valence-electron chi connectivity index (χ3n) is 2.60. The van der Waals surface area contributed by atoms with E-state index in [1.807, 2.05) is 0 Å². The van der Waals surface area contributed by atoms with E-state index in [0.717, 1.165) is 23.7 Å². The van der Waals surface area contributed by atoms with Crippen molar-refractivity contribution in [2.45, 2.75) is 25.9 Å². The highest BCUT2D eigenvalue weighted by Gasteiger charge is 2.07. The summed E-state index contributed by atoms with van der Waals surface area (Å²) in [6.45, 7) is 2.96. The molecule has 0 amide bonds. The second-order valence-electron chi connectivity index (χ2n) is 3.82. The molecule has 5 heteroatoms. The maximum Gasteiger partial charge on any atom is 0.124 e. The predicted octanol–water partition coefficient (Wildman–Crippen LogP) is 2.73. The molecule has 3 nitrogen and oxygen atoms in total. The van der Waals surface area contributed by atoms with Crippen LogP contribution in [0.5, 0.6) is 0 Å². The minimum atomic E-state index is 0.168. The topological polar surface area (TPSA) is 45.1 Å². The number of thiophene rings is 1. The van der Waals surface area contributed by atoms with Crippen molar-refractivity contribution in [1.29, 1.82) is 0 Å². The summed E-state index contributed by atoms with van der Waals surface area (Å²) < 4.78 is 0. The summed E-state index contributed by atoms with van der Waals surface area (Å²) in [5.74, 6) is 0. The SMILES string of the molecule is CCC(CO)NCc1csc(-c2ccsc2)n1. The zero-order valence-electron chi connectivity index (χ0n) is 9.72. The third kappa shape index (κ3) is 3.35. The van der Waals surface area contributed by atoms with Gasteiger partial charge in [-0.3, -0.25) is 0 Å². The van der Waals surface area contributed by atoms with Gasteiger partial charge in [-0.25, -0.2) is 4.98 Å². The average Bonchev–Trinajstić information content (AvgIpc) is 3.01. The number of hydrogen-bond acceptors (Lipinski definition) is 5. The first-order valence-electron chi connectivity index (χ1n) is 5.64. The van der Waals surface area contributed by atoms with Gasteiger partial charge in [0.1, 0.15) is 5.01 Å². The molecule has 0 saturated carbocycles. The van der Waals surface area contributed by atoms with Crippen molar-refractivity contribution in [2.24, 2.45) is 0 Å². The van der Waals surface area contributed by atoms with E-state index in [-0.39, 0.29) is 12.6 Å². The van der Waals surface area contributed by atoms with E-state index in [4.69, 9.17) is 5.11 Å². The maximum atomic E-state index is 9.08. The van der Waals surface area contributed by atoms with Crippen LogP contribution in [0.1, 0.15) is 19.0 Å². The molecule has 0 saturated heterocycles. The van der Waals surface area contributed by atoms with Crippen LogP contribution in [0.2, 0.25) is 0 Å². The number of aromatic nitrogens is 1. The third-order valence-corrected chi connectivity index (χ3v) is 4.23. The number of hydrogen-bond donors (Lipinski definition) is 2. The summed E-state index contributed by atoms with van der Waals surface area (Å²) in [6, 6.07) is 2.25. The molecule has 2 aromatic rings. The maximum absolute atomic E-state index is 9.08. The average molecular weight is 268 g/mol. The van der Waals surface area contributed by atoms with Crippen LogP contribution in [0.3, 0.4) is 0 Å². The van der Waals surface area contributed by atoms with Crippen molar-refractivity contribution in [2.75, 3.05) is 6.61 Å². The fourth-order valence-corrected chi connectivity index (χ4v) is 3.03. The summed E-state index contributed by atoms with van der Waals surface area (Å²) in [5.41, 5.74) is 2.24. The Bertz CT molecular complexity index is 435. The van der Waals surface area contributed by atoms with Gasteiger partial charge < -0.3 is 10.4 Å². The number of rotatable bonds is 6. The molecule has 1 unspecified atom stereocenters. The monoisotopic (exact) mass is 268 g/mol. The summed E-state index contributed by atoms with van der Waals surface area (Å²) in [7, 11) is 0. The molecule has 0 spiro atoms. The highest BCUT2D eigenvalue weighted by molar-refractivity contribution is 7.14. The second kappa shape index (κ2) is 6.26. The Kier molecular flexibility index (Phi) is 4.67. The van der Waals surface area contributed by atoms with Crippen LogP contribution in [0.25, 0.3) is 10.6 Å². The molecule has 2 heterocycles. The molecule has 0 aliphatic heterocycles. The summed E-state index contributed by atoms with van der Waals surface area (Å²) >= 11 is 3.35. The summed E-state index contributed by atoms with van der Waals surface area (Å²) in [6.07, 6.45) is 0.929. The van der Waals surface area contributed by atoms with Gasteiger partial charge in [-0.05, 0) is 17.9 Å². The molecule has 0 aromatic carbocycles. The van der Waals surface area contributed by atoms with Crippen LogP contribution < -0.4 is 5.32 Å². The second-order valence-corrected chi connectivity index (χ2v) is 5.46. The fourth-order valence-electron chi connectivity index (χ4n) is 1.49. The van der Waals surface area contributed by atoms with Crippen LogP contribution in [0, 0.1) is 0 Å². The van der Waals surface area contributed by atoms with Crippen LogP contribution in [0.4, 0.5) is 0 Å². The number of nitrogens with one attached hydrogen (secondary N) is 1. The molecule has 17 heavy (non-hydrogen) atoms. The van der Waals surface area contributed by atoms with Gasteiger partial charge in [0, 0.05) is 28.9 Å². The minimum Gasteiger partial charge on any atom is -0.395 e. The van der Waals surface area contributed by atoms with Gasteiger partial charge in [0.2, 0.25) is 0 Å². The van der Waals surface area contributed by atoms with Crippen molar-refractivity contribution >= 4 is 22.7 Å². The van der Waals surface area contributed by atoms with E-state index in [0.29, 0.717) is 0 Å². The number of nitrogens with zero attached hydrogens (tertiary/aromatic N) is 1. The molecule has 1 atom stereocenters. The highest BCUT2D eigenvalue weighted by atomic mass is 32.1. The van der Waals surface area contributed by atoms with E-state index < -0.39 is 0 Å². The summed E-state index contributed by atoms with van der Waals surface area (Å²) in [5, 5.41) is 19.7. The van der Waals surface area contributed by atoms with Crippen LogP contribution >= 0.6 is 22.7 Å². The van der Waals surface area contributed by atoms with E-state index in [1.54, 1.807) is 22.7 Å². The molecule has 2 aromatic heterocycles. The number of aliphatic hydroxyl groups is 1. The number of aliphatic hydroxyl groups excluding tert-OH is 1. The first kappa shape index (κ1) is 12.7. The van der Waals surface area contributed by atoms with E-state index >= 15 is 0 Å². The Morgan fingerprint density at radius 1 is 1.47 bits per heavy atom. The smallest absolute Gasteiger partial charge is 0.124 e. The first-order valence-corrected chi connectivity index (χ1v) is 7.47. The Hall–Kier alpha value is -0.750. The minimum absolute atomic E-state index is 0.168. The quantitative estimate of drug-likeness (QED) is 0.846. The van der Waals surface area contributed by atoms with Crippen molar-refractivity contribution < 1.29 is 5.11 Å². The van der Waals surface area contributed by atoms with Gasteiger partial charge in [0.25, 0.3) is 0 Å². The van der Waals surface area contributed by atoms with Gasteiger partial charge in [-0.15, -0.1) is 11.3 Å². The van der Waals surface area contributed by atoms with Gasteiger partial charge in [-0.2, -0.15) is 11.3 Å².